The van der Waals surface area contributed by atoms with Gasteiger partial charge in [0.2, 0.25) is 0 Å². The fourth-order valence-electron chi connectivity index (χ4n) is 4.14. The molecule has 0 bridgehead atoms. The predicted octanol–water partition coefficient (Wildman–Crippen LogP) is 7.75. The third kappa shape index (κ3) is 7.49. The summed E-state index contributed by atoms with van der Waals surface area (Å²) in [5.74, 6) is -1.03. The van der Waals surface area contributed by atoms with E-state index in [-0.39, 0.29) is 26.9 Å². The molecule has 0 fully saturated rings. The molecule has 1 heterocycles. The van der Waals surface area contributed by atoms with Crippen molar-refractivity contribution in [2.75, 3.05) is 11.9 Å². The van der Waals surface area contributed by atoms with Crippen molar-refractivity contribution in [2.45, 2.75) is 6.92 Å². The van der Waals surface area contributed by atoms with Crippen molar-refractivity contribution in [1.82, 2.24) is 5.43 Å². The molecule has 0 aliphatic rings. The maximum absolute atomic E-state index is 12.9. The number of hydrogen-bond acceptors (Lipinski definition) is 9. The average Bonchev–Trinajstić information content (AvgIpc) is 3.38. The molecule has 11 nitrogen and oxygen atoms in total. The number of carbonyl (C=O) groups excluding carboxylic acids is 3. The van der Waals surface area contributed by atoms with Gasteiger partial charge < -0.3 is 14.8 Å². The zero-order valence-corrected chi connectivity index (χ0v) is 26.1. The fourth-order valence-corrected chi connectivity index (χ4v) is 5.71. The van der Waals surface area contributed by atoms with Crippen LogP contribution in [-0.2, 0) is 0 Å². The molecule has 46 heavy (non-hydrogen) atoms. The number of nitrogens with zero attached hydrogens (tertiary/aromatic N) is 2. The number of benzene rings is 4. The Kier molecular flexibility index (Phi) is 9.91. The number of thiophene rings is 1. The summed E-state index contributed by atoms with van der Waals surface area (Å²) in [7, 11) is 0. The molecule has 0 saturated heterocycles. The minimum Gasteiger partial charge on any atom is -0.490 e. The Labute approximate surface area is 275 Å². The molecule has 5 aromatic rings. The van der Waals surface area contributed by atoms with Crippen LogP contribution in [0.5, 0.6) is 11.5 Å². The Balaban J connectivity index is 1.19. The van der Waals surface area contributed by atoms with E-state index in [0.717, 1.165) is 11.3 Å². The maximum atomic E-state index is 12.9. The van der Waals surface area contributed by atoms with E-state index in [1.165, 1.54) is 36.5 Å². The number of hydrazone groups is 1. The first-order valence-electron chi connectivity index (χ1n) is 13.5. The largest absolute Gasteiger partial charge is 0.490 e. The molecule has 232 valence electrons. The lowest BCUT2D eigenvalue weighted by molar-refractivity contribution is -0.384. The van der Waals surface area contributed by atoms with E-state index in [1.807, 2.05) is 0 Å². The van der Waals surface area contributed by atoms with Crippen LogP contribution in [0.2, 0.25) is 10.0 Å². The number of fused-ring (bicyclic) bond motifs is 1. The van der Waals surface area contributed by atoms with Gasteiger partial charge >= 0.3 is 5.97 Å². The lowest BCUT2D eigenvalue weighted by Gasteiger charge is -2.11. The summed E-state index contributed by atoms with van der Waals surface area (Å²) in [4.78, 5) is 48.8. The summed E-state index contributed by atoms with van der Waals surface area (Å²) in [6.45, 7) is 2.11. The number of rotatable bonds is 10. The van der Waals surface area contributed by atoms with Crippen molar-refractivity contribution in [3.63, 3.8) is 0 Å². The number of esters is 1. The van der Waals surface area contributed by atoms with Crippen molar-refractivity contribution in [3.8, 4) is 11.5 Å². The third-order valence-corrected chi connectivity index (χ3v) is 8.27. The van der Waals surface area contributed by atoms with Crippen molar-refractivity contribution < 1.29 is 28.8 Å². The molecule has 0 radical (unpaired) electrons. The molecule has 0 unspecified atom stereocenters. The first-order chi connectivity index (χ1) is 22.1. The average molecular weight is 678 g/mol. The van der Waals surface area contributed by atoms with E-state index >= 15 is 0 Å². The summed E-state index contributed by atoms with van der Waals surface area (Å²) in [6, 6.07) is 21.4. The van der Waals surface area contributed by atoms with Gasteiger partial charge in [-0.15, -0.1) is 11.3 Å². The van der Waals surface area contributed by atoms with Gasteiger partial charge in [0.25, 0.3) is 17.5 Å². The quantitative estimate of drug-likeness (QED) is 0.0505. The summed E-state index contributed by atoms with van der Waals surface area (Å²) >= 11 is 13.3. The Morgan fingerprint density at radius 2 is 1.63 bits per heavy atom. The zero-order chi connectivity index (χ0) is 32.8. The normalized spacial score (nSPS) is 10.9. The number of amides is 2. The second-order valence-electron chi connectivity index (χ2n) is 9.45. The van der Waals surface area contributed by atoms with Crippen molar-refractivity contribution in [1.29, 1.82) is 0 Å². The molecule has 0 aliphatic heterocycles. The highest BCUT2D eigenvalue weighted by Gasteiger charge is 2.20. The number of carbonyl (C=O) groups is 3. The van der Waals surface area contributed by atoms with Gasteiger partial charge in [-0.25, -0.2) is 10.2 Å². The summed E-state index contributed by atoms with van der Waals surface area (Å²) < 4.78 is 11.6. The van der Waals surface area contributed by atoms with Gasteiger partial charge in [0, 0.05) is 38.5 Å². The van der Waals surface area contributed by atoms with E-state index in [4.69, 9.17) is 32.7 Å². The molecule has 0 aliphatic carbocycles. The maximum Gasteiger partial charge on any atom is 0.343 e. The summed E-state index contributed by atoms with van der Waals surface area (Å²) in [5, 5.41) is 19.0. The number of hydrogen-bond donors (Lipinski definition) is 2. The van der Waals surface area contributed by atoms with Gasteiger partial charge in [-0.2, -0.15) is 5.10 Å². The SMILES string of the molecule is CCOc1cc(/C=N\NC(=O)c2ccc(NC(=O)c3sc4cc([N+](=O)[O-])ccc4c3Cl)cc2)ccc1OC(=O)c1ccc(Cl)cc1. The standard InChI is InChI=1S/C32H22Cl2N4O7S/c1-2-44-26-15-18(3-14-25(26)45-32(41)20-4-8-21(33)9-5-20)17-35-37-30(39)19-6-10-22(11-7-19)36-31(40)29-28(34)24-13-12-23(38(42)43)16-27(24)46-29/h3-17H,2H2,1H3,(H,36,40)(H,37,39)/b35-17-. The van der Waals surface area contributed by atoms with Crippen LogP contribution in [0.4, 0.5) is 11.4 Å². The van der Waals surface area contributed by atoms with Gasteiger partial charge in [-0.1, -0.05) is 23.2 Å². The highest BCUT2D eigenvalue weighted by Crippen LogP contribution is 2.37. The van der Waals surface area contributed by atoms with Crippen LogP contribution in [-0.4, -0.2) is 35.5 Å². The molecular weight excluding hydrogens is 655 g/mol. The van der Waals surface area contributed by atoms with Crippen LogP contribution in [0.1, 0.15) is 42.9 Å². The lowest BCUT2D eigenvalue weighted by Crippen LogP contribution is -2.17. The van der Waals surface area contributed by atoms with Gasteiger partial charge in [0.15, 0.2) is 11.5 Å². The van der Waals surface area contributed by atoms with E-state index in [2.05, 4.69) is 15.8 Å². The number of nitro groups is 1. The molecule has 0 spiro atoms. The summed E-state index contributed by atoms with van der Waals surface area (Å²) in [5.41, 5.74) is 3.92. The first kappa shape index (κ1) is 32.1. The van der Waals surface area contributed by atoms with Crippen LogP contribution in [0.25, 0.3) is 10.1 Å². The molecule has 0 atom stereocenters. The number of halogens is 2. The van der Waals surface area contributed by atoms with Crippen LogP contribution >= 0.6 is 34.5 Å². The highest BCUT2D eigenvalue weighted by atomic mass is 35.5. The Morgan fingerprint density at radius 3 is 2.33 bits per heavy atom. The molecule has 0 saturated carbocycles. The molecule has 2 amide bonds. The van der Waals surface area contributed by atoms with Gasteiger partial charge in [-0.3, -0.25) is 19.7 Å². The van der Waals surface area contributed by atoms with Crippen LogP contribution in [0.3, 0.4) is 0 Å². The fraction of sp³-hybridized carbons (Fsp3) is 0.0625. The van der Waals surface area contributed by atoms with Crippen LogP contribution in [0, 0.1) is 10.1 Å². The van der Waals surface area contributed by atoms with Crippen LogP contribution < -0.4 is 20.2 Å². The van der Waals surface area contributed by atoms with Gasteiger partial charge in [-0.05, 0) is 85.3 Å². The highest BCUT2D eigenvalue weighted by molar-refractivity contribution is 7.21. The molecule has 5 rings (SSSR count). The molecule has 14 heteroatoms. The number of anilines is 1. The van der Waals surface area contributed by atoms with E-state index in [1.54, 1.807) is 61.5 Å². The third-order valence-electron chi connectivity index (χ3n) is 6.36. The molecular formula is C32H22Cl2N4O7S. The van der Waals surface area contributed by atoms with E-state index < -0.39 is 22.7 Å². The first-order valence-corrected chi connectivity index (χ1v) is 15.1. The second-order valence-corrected chi connectivity index (χ2v) is 11.3. The van der Waals surface area contributed by atoms with Crippen molar-refractivity contribution in [3.05, 3.63) is 127 Å². The lowest BCUT2D eigenvalue weighted by atomic mass is 10.2. The van der Waals surface area contributed by atoms with Gasteiger partial charge in [0.1, 0.15) is 4.88 Å². The van der Waals surface area contributed by atoms with Crippen molar-refractivity contribution in [2.24, 2.45) is 5.10 Å². The summed E-state index contributed by atoms with van der Waals surface area (Å²) in [6.07, 6.45) is 1.41. The molecule has 4 aromatic carbocycles. The van der Waals surface area contributed by atoms with Gasteiger partial charge in [0.05, 0.1) is 28.3 Å². The smallest absolute Gasteiger partial charge is 0.343 e. The minimum absolute atomic E-state index is 0.0998. The Hall–Kier alpha value is -5.30. The number of non-ortho nitro benzene ring substituents is 1. The Bertz CT molecular complexity index is 1990. The van der Waals surface area contributed by atoms with E-state index in [9.17, 15) is 24.5 Å². The second kappa shape index (κ2) is 14.2. The predicted molar refractivity (Wildman–Crippen MR) is 177 cm³/mol. The number of nitro benzene ring substituents is 1. The van der Waals surface area contributed by atoms with Crippen LogP contribution in [0.15, 0.2) is 90.0 Å². The van der Waals surface area contributed by atoms with E-state index in [0.29, 0.717) is 44.3 Å². The molecule has 2 N–H and O–H groups in total. The zero-order valence-electron chi connectivity index (χ0n) is 23.8. The number of nitrogens with one attached hydrogen (secondary N) is 2. The number of ether oxygens (including phenoxy) is 2. The minimum atomic E-state index is -0.575. The van der Waals surface area contributed by atoms with Crippen molar-refractivity contribution >= 4 is 80.0 Å². The topological polar surface area (TPSA) is 149 Å². The Morgan fingerprint density at radius 1 is 0.913 bits per heavy atom. The molecule has 1 aromatic heterocycles. The monoisotopic (exact) mass is 676 g/mol.